The zero-order valence-electron chi connectivity index (χ0n) is 9.06. The summed E-state index contributed by atoms with van der Waals surface area (Å²) >= 11 is 8.41. The van der Waals surface area contributed by atoms with Gasteiger partial charge in [-0.25, -0.2) is 0 Å². The highest BCUT2D eigenvalue weighted by molar-refractivity contribution is 9.08. The normalized spacial score (nSPS) is 11.4. The van der Waals surface area contributed by atoms with Gasteiger partial charge in [-0.1, -0.05) is 34.1 Å². The molecule has 0 aliphatic heterocycles. The summed E-state index contributed by atoms with van der Waals surface area (Å²) in [6.45, 7) is 0. The maximum atomic E-state index is 12.3. The Hall–Kier alpha value is -0.750. The number of ketones is 1. The molecular weight excluding hydrogens is 336 g/mol. The fourth-order valence-corrected chi connectivity index (χ4v) is 1.92. The van der Waals surface area contributed by atoms with Gasteiger partial charge in [0.1, 0.15) is 5.75 Å². The number of halogens is 5. The van der Waals surface area contributed by atoms with Crippen LogP contribution in [0.1, 0.15) is 11.1 Å². The van der Waals surface area contributed by atoms with E-state index in [0.717, 1.165) is 0 Å². The molecular formula is C11H9BrClF3O2. The molecule has 0 heterocycles. The number of hydrogen-bond acceptors (Lipinski definition) is 2. The molecule has 0 saturated carbocycles. The van der Waals surface area contributed by atoms with Crippen LogP contribution in [-0.4, -0.2) is 18.0 Å². The predicted octanol–water partition coefficient (Wildman–Crippen LogP) is 3.83. The molecule has 0 aliphatic rings. The highest BCUT2D eigenvalue weighted by atomic mass is 79.9. The topological polar surface area (TPSA) is 26.3 Å². The fourth-order valence-electron chi connectivity index (χ4n) is 1.39. The van der Waals surface area contributed by atoms with Crippen LogP contribution in [0.5, 0.6) is 5.75 Å². The van der Waals surface area contributed by atoms with Crippen molar-refractivity contribution in [2.75, 3.05) is 5.88 Å². The van der Waals surface area contributed by atoms with Crippen LogP contribution < -0.4 is 4.74 Å². The third-order valence-corrected chi connectivity index (χ3v) is 2.98. The molecule has 0 N–H and O–H groups in total. The molecule has 0 spiro atoms. The van der Waals surface area contributed by atoms with E-state index >= 15 is 0 Å². The molecule has 0 amide bonds. The number of rotatable bonds is 5. The van der Waals surface area contributed by atoms with Crippen LogP contribution in [-0.2, 0) is 16.5 Å². The van der Waals surface area contributed by atoms with Gasteiger partial charge >= 0.3 is 6.36 Å². The van der Waals surface area contributed by atoms with Crippen molar-refractivity contribution in [1.29, 1.82) is 0 Å². The fraction of sp³-hybridized carbons (Fsp3) is 0.364. The van der Waals surface area contributed by atoms with E-state index in [1.54, 1.807) is 6.07 Å². The number of Topliss-reactive ketones (excluding diaryl/α,β-unsaturated/α-hetero) is 1. The Bertz CT molecular complexity index is 435. The van der Waals surface area contributed by atoms with Gasteiger partial charge in [0.05, 0.1) is 5.88 Å². The third kappa shape index (κ3) is 4.49. The maximum Gasteiger partial charge on any atom is 0.573 e. The number of carbonyl (C=O) groups excluding carboxylic acids is 1. The first kappa shape index (κ1) is 15.3. The number of ether oxygens (including phenoxy) is 1. The van der Waals surface area contributed by atoms with Gasteiger partial charge in [-0.3, -0.25) is 4.79 Å². The molecule has 0 aromatic heterocycles. The van der Waals surface area contributed by atoms with Crippen molar-refractivity contribution < 1.29 is 22.7 Å². The van der Waals surface area contributed by atoms with E-state index in [1.165, 1.54) is 12.1 Å². The molecule has 0 atom stereocenters. The molecule has 0 bridgehead atoms. The summed E-state index contributed by atoms with van der Waals surface area (Å²) in [6, 6.07) is 4.47. The molecule has 1 aromatic carbocycles. The van der Waals surface area contributed by atoms with Crippen molar-refractivity contribution in [1.82, 2.24) is 0 Å². The van der Waals surface area contributed by atoms with Crippen molar-refractivity contribution in [3.05, 3.63) is 29.3 Å². The Morgan fingerprint density at radius 2 is 1.94 bits per heavy atom. The molecule has 100 valence electrons. The molecule has 0 aliphatic carbocycles. The van der Waals surface area contributed by atoms with Crippen molar-refractivity contribution in [2.45, 2.75) is 18.1 Å². The second kappa shape index (κ2) is 6.43. The predicted molar refractivity (Wildman–Crippen MR) is 65.2 cm³/mol. The zero-order chi connectivity index (χ0) is 13.8. The van der Waals surface area contributed by atoms with E-state index in [4.69, 9.17) is 11.6 Å². The second-order valence-corrected chi connectivity index (χ2v) is 4.26. The van der Waals surface area contributed by atoms with Crippen molar-refractivity contribution in [3.8, 4) is 5.75 Å². The lowest BCUT2D eigenvalue weighted by Crippen LogP contribution is -2.20. The number of benzene rings is 1. The Morgan fingerprint density at radius 1 is 1.33 bits per heavy atom. The van der Waals surface area contributed by atoms with E-state index in [9.17, 15) is 18.0 Å². The Labute approximate surface area is 115 Å². The summed E-state index contributed by atoms with van der Waals surface area (Å²) in [5.74, 6) is -0.944. The van der Waals surface area contributed by atoms with Crippen LogP contribution in [0.25, 0.3) is 0 Å². The summed E-state index contributed by atoms with van der Waals surface area (Å²) < 4.78 is 40.9. The van der Waals surface area contributed by atoms with E-state index in [2.05, 4.69) is 20.7 Å². The summed E-state index contributed by atoms with van der Waals surface area (Å²) in [6.07, 6.45) is -4.98. The average Bonchev–Trinajstić information content (AvgIpc) is 2.29. The highest BCUT2D eigenvalue weighted by Crippen LogP contribution is 2.32. The highest BCUT2D eigenvalue weighted by Gasteiger charge is 2.33. The minimum absolute atomic E-state index is 0.176. The molecule has 7 heteroatoms. The number of alkyl halides is 5. The van der Waals surface area contributed by atoms with E-state index in [-0.39, 0.29) is 34.7 Å². The molecule has 1 rings (SSSR count). The largest absolute Gasteiger partial charge is 0.573 e. The minimum Gasteiger partial charge on any atom is -0.405 e. The van der Waals surface area contributed by atoms with Crippen LogP contribution in [0.15, 0.2) is 18.2 Å². The molecule has 0 saturated heterocycles. The van der Waals surface area contributed by atoms with E-state index in [1.807, 2.05) is 0 Å². The van der Waals surface area contributed by atoms with Crippen LogP contribution in [0.2, 0.25) is 0 Å². The first-order valence-corrected chi connectivity index (χ1v) is 6.53. The van der Waals surface area contributed by atoms with Gasteiger partial charge in [0.15, 0.2) is 5.78 Å². The monoisotopic (exact) mass is 344 g/mol. The minimum atomic E-state index is -4.79. The van der Waals surface area contributed by atoms with E-state index in [0.29, 0.717) is 5.56 Å². The van der Waals surface area contributed by atoms with Gasteiger partial charge < -0.3 is 4.74 Å². The smallest absolute Gasteiger partial charge is 0.405 e. The van der Waals surface area contributed by atoms with Crippen molar-refractivity contribution >= 4 is 33.3 Å². The van der Waals surface area contributed by atoms with Crippen LogP contribution >= 0.6 is 27.5 Å². The molecule has 18 heavy (non-hydrogen) atoms. The molecule has 0 radical (unpaired) electrons. The van der Waals surface area contributed by atoms with E-state index < -0.39 is 6.36 Å². The SMILES string of the molecule is O=C(CCl)Cc1cccc(CBr)c1OC(F)(F)F. The lowest BCUT2D eigenvalue weighted by atomic mass is 10.1. The Balaban J connectivity index is 3.12. The van der Waals surface area contributed by atoms with Crippen LogP contribution in [0, 0.1) is 0 Å². The first-order chi connectivity index (χ1) is 8.37. The maximum absolute atomic E-state index is 12.3. The van der Waals surface area contributed by atoms with Crippen LogP contribution in [0.3, 0.4) is 0 Å². The summed E-state index contributed by atoms with van der Waals surface area (Å²) in [5, 5.41) is 0.196. The lowest BCUT2D eigenvalue weighted by Gasteiger charge is -2.15. The number of carbonyl (C=O) groups is 1. The van der Waals surface area contributed by atoms with Crippen LogP contribution in [0.4, 0.5) is 13.2 Å². The second-order valence-electron chi connectivity index (χ2n) is 3.44. The van der Waals surface area contributed by atoms with Gasteiger partial charge in [-0.15, -0.1) is 24.8 Å². The summed E-state index contributed by atoms with van der Waals surface area (Å²) in [7, 11) is 0. The summed E-state index contributed by atoms with van der Waals surface area (Å²) in [4.78, 5) is 11.2. The molecule has 0 fully saturated rings. The molecule has 2 nitrogen and oxygen atoms in total. The van der Waals surface area contributed by atoms with Gasteiger partial charge in [0.2, 0.25) is 0 Å². The van der Waals surface area contributed by atoms with Gasteiger partial charge in [-0.2, -0.15) is 0 Å². The quantitative estimate of drug-likeness (QED) is 0.758. The molecule has 0 unspecified atom stereocenters. The van der Waals surface area contributed by atoms with Gasteiger partial charge in [0.25, 0.3) is 0 Å². The first-order valence-electron chi connectivity index (χ1n) is 4.87. The third-order valence-electron chi connectivity index (χ3n) is 2.08. The van der Waals surface area contributed by atoms with Crippen molar-refractivity contribution in [2.24, 2.45) is 0 Å². The molecule has 1 aromatic rings. The Morgan fingerprint density at radius 3 is 2.44 bits per heavy atom. The van der Waals surface area contributed by atoms with Crippen molar-refractivity contribution in [3.63, 3.8) is 0 Å². The number of hydrogen-bond donors (Lipinski definition) is 0. The van der Waals surface area contributed by atoms with Gasteiger partial charge in [0, 0.05) is 22.9 Å². The van der Waals surface area contributed by atoms with Gasteiger partial charge in [-0.05, 0) is 0 Å². The zero-order valence-corrected chi connectivity index (χ0v) is 11.4. The number of para-hydroxylation sites is 1. The average molecular weight is 346 g/mol. The lowest BCUT2D eigenvalue weighted by molar-refractivity contribution is -0.275. The standard InChI is InChI=1S/C11H9BrClF3O2/c12-5-8-3-1-2-7(4-9(17)6-13)10(8)18-11(14,15)16/h1-3H,4-6H2. The summed E-state index contributed by atoms with van der Waals surface area (Å²) in [5.41, 5.74) is 0.502. The Kier molecular flexibility index (Phi) is 5.47.